The SMILES string of the molecule is COC[C@@H](C)n1ccnc1-c1ccc(-c2nc3ccccc3n2C)o1. The second-order valence-corrected chi connectivity index (χ2v) is 6.11. The molecule has 25 heavy (non-hydrogen) atoms. The van der Waals surface area contributed by atoms with Gasteiger partial charge in [0, 0.05) is 26.6 Å². The number of methoxy groups -OCH3 is 1. The van der Waals surface area contributed by atoms with Crippen molar-refractivity contribution in [2.24, 2.45) is 7.05 Å². The van der Waals surface area contributed by atoms with E-state index in [1.54, 1.807) is 13.3 Å². The maximum Gasteiger partial charge on any atom is 0.177 e. The molecule has 6 heteroatoms. The van der Waals surface area contributed by atoms with E-state index in [2.05, 4.69) is 27.5 Å². The summed E-state index contributed by atoms with van der Waals surface area (Å²) in [6.45, 7) is 2.70. The third-order valence-corrected chi connectivity index (χ3v) is 4.39. The Morgan fingerprint density at radius 1 is 1.12 bits per heavy atom. The summed E-state index contributed by atoms with van der Waals surface area (Å²) in [6.07, 6.45) is 3.72. The fraction of sp³-hybridized carbons (Fsp3) is 0.263. The summed E-state index contributed by atoms with van der Waals surface area (Å²) in [5, 5.41) is 0. The Hall–Kier alpha value is -2.86. The van der Waals surface area contributed by atoms with Crippen molar-refractivity contribution in [1.82, 2.24) is 19.1 Å². The molecule has 0 amide bonds. The quantitative estimate of drug-likeness (QED) is 0.554. The number of imidazole rings is 2. The number of aryl methyl sites for hydroxylation is 1. The topological polar surface area (TPSA) is 58.0 Å². The molecule has 0 unspecified atom stereocenters. The summed E-state index contributed by atoms with van der Waals surface area (Å²) in [7, 11) is 3.69. The van der Waals surface area contributed by atoms with Gasteiger partial charge in [-0.05, 0) is 31.2 Å². The minimum atomic E-state index is 0.173. The fourth-order valence-electron chi connectivity index (χ4n) is 3.13. The molecule has 0 radical (unpaired) electrons. The predicted octanol–water partition coefficient (Wildman–Crippen LogP) is 3.90. The van der Waals surface area contributed by atoms with E-state index in [-0.39, 0.29) is 6.04 Å². The number of ether oxygens (including phenoxy) is 1. The molecule has 0 saturated heterocycles. The highest BCUT2D eigenvalue weighted by Gasteiger charge is 2.18. The van der Waals surface area contributed by atoms with Gasteiger partial charge in [0.05, 0.1) is 23.7 Å². The Morgan fingerprint density at radius 3 is 2.64 bits per heavy atom. The summed E-state index contributed by atoms with van der Waals surface area (Å²) in [4.78, 5) is 9.13. The molecular weight excluding hydrogens is 316 g/mol. The van der Waals surface area contributed by atoms with Crippen LogP contribution in [0.5, 0.6) is 0 Å². The van der Waals surface area contributed by atoms with Crippen molar-refractivity contribution in [3.8, 4) is 23.2 Å². The van der Waals surface area contributed by atoms with E-state index < -0.39 is 0 Å². The standard InChI is InChI=1S/C19H20N4O2/c1-13(12-24-3)23-11-10-20-18(23)16-8-9-17(25-16)19-21-14-6-4-5-7-15(14)22(19)2/h4-11,13H,12H2,1-3H3/t13-/m1/s1. The zero-order valence-corrected chi connectivity index (χ0v) is 14.5. The van der Waals surface area contributed by atoms with E-state index in [1.807, 2.05) is 48.1 Å². The largest absolute Gasteiger partial charge is 0.450 e. The predicted molar refractivity (Wildman–Crippen MR) is 96.2 cm³/mol. The van der Waals surface area contributed by atoms with Gasteiger partial charge in [0.25, 0.3) is 0 Å². The van der Waals surface area contributed by atoms with Gasteiger partial charge in [0.2, 0.25) is 0 Å². The first kappa shape index (κ1) is 15.7. The van der Waals surface area contributed by atoms with E-state index in [0.29, 0.717) is 6.61 Å². The number of hydrogen-bond acceptors (Lipinski definition) is 4. The Kier molecular flexibility index (Phi) is 3.89. The van der Waals surface area contributed by atoms with Crippen LogP contribution in [0.2, 0.25) is 0 Å². The van der Waals surface area contributed by atoms with Gasteiger partial charge >= 0.3 is 0 Å². The van der Waals surface area contributed by atoms with Gasteiger partial charge in [-0.2, -0.15) is 0 Å². The molecule has 4 rings (SSSR count). The van der Waals surface area contributed by atoms with Crippen molar-refractivity contribution in [2.45, 2.75) is 13.0 Å². The molecule has 3 heterocycles. The molecule has 0 N–H and O–H groups in total. The Labute approximate surface area is 145 Å². The normalized spacial score (nSPS) is 12.8. The first-order valence-corrected chi connectivity index (χ1v) is 8.23. The molecular formula is C19H20N4O2. The van der Waals surface area contributed by atoms with E-state index in [4.69, 9.17) is 9.15 Å². The maximum absolute atomic E-state index is 6.09. The molecule has 1 aromatic carbocycles. The van der Waals surface area contributed by atoms with Crippen molar-refractivity contribution in [3.05, 3.63) is 48.8 Å². The average molecular weight is 336 g/mol. The smallest absolute Gasteiger partial charge is 0.177 e. The van der Waals surface area contributed by atoms with Crippen LogP contribution in [0.15, 0.2) is 53.2 Å². The van der Waals surface area contributed by atoms with Crippen molar-refractivity contribution >= 4 is 11.0 Å². The number of furan rings is 1. The number of aromatic nitrogens is 4. The number of nitrogens with zero attached hydrogens (tertiary/aromatic N) is 4. The van der Waals surface area contributed by atoms with Gasteiger partial charge in [-0.3, -0.25) is 0 Å². The lowest BCUT2D eigenvalue weighted by atomic mass is 10.3. The summed E-state index contributed by atoms with van der Waals surface area (Å²) in [5.74, 6) is 3.03. The lowest BCUT2D eigenvalue weighted by Crippen LogP contribution is -2.11. The van der Waals surface area contributed by atoms with Crippen LogP contribution < -0.4 is 0 Å². The minimum absolute atomic E-state index is 0.173. The van der Waals surface area contributed by atoms with Crippen LogP contribution in [-0.4, -0.2) is 32.8 Å². The highest BCUT2D eigenvalue weighted by atomic mass is 16.5. The summed E-state index contributed by atoms with van der Waals surface area (Å²) < 4.78 is 15.4. The van der Waals surface area contributed by atoms with Gasteiger partial charge in [-0.25, -0.2) is 9.97 Å². The molecule has 0 aliphatic rings. The summed E-state index contributed by atoms with van der Waals surface area (Å²) >= 11 is 0. The zero-order chi connectivity index (χ0) is 17.4. The highest BCUT2D eigenvalue weighted by Crippen LogP contribution is 2.30. The van der Waals surface area contributed by atoms with E-state index in [0.717, 1.165) is 34.2 Å². The second-order valence-electron chi connectivity index (χ2n) is 6.11. The molecule has 6 nitrogen and oxygen atoms in total. The van der Waals surface area contributed by atoms with Crippen LogP contribution in [0, 0.1) is 0 Å². The number of para-hydroxylation sites is 2. The molecule has 3 aromatic heterocycles. The lowest BCUT2D eigenvalue weighted by molar-refractivity contribution is 0.162. The molecule has 0 bridgehead atoms. The van der Waals surface area contributed by atoms with Crippen LogP contribution in [0.3, 0.4) is 0 Å². The van der Waals surface area contributed by atoms with E-state index in [1.165, 1.54) is 0 Å². The lowest BCUT2D eigenvalue weighted by Gasteiger charge is -2.14. The van der Waals surface area contributed by atoms with Crippen LogP contribution >= 0.6 is 0 Å². The molecule has 0 fully saturated rings. The van der Waals surface area contributed by atoms with Crippen molar-refractivity contribution < 1.29 is 9.15 Å². The third-order valence-electron chi connectivity index (χ3n) is 4.39. The first-order chi connectivity index (χ1) is 12.2. The number of benzene rings is 1. The van der Waals surface area contributed by atoms with Gasteiger partial charge in [-0.1, -0.05) is 12.1 Å². The molecule has 1 atom stereocenters. The Bertz CT molecular complexity index is 1010. The van der Waals surface area contributed by atoms with Gasteiger partial charge in [0.15, 0.2) is 23.2 Å². The van der Waals surface area contributed by atoms with Crippen molar-refractivity contribution in [1.29, 1.82) is 0 Å². The van der Waals surface area contributed by atoms with Crippen LogP contribution in [-0.2, 0) is 11.8 Å². The van der Waals surface area contributed by atoms with Gasteiger partial charge in [-0.15, -0.1) is 0 Å². The van der Waals surface area contributed by atoms with Crippen molar-refractivity contribution in [2.75, 3.05) is 13.7 Å². The zero-order valence-electron chi connectivity index (χ0n) is 14.5. The number of fused-ring (bicyclic) bond motifs is 1. The van der Waals surface area contributed by atoms with E-state index >= 15 is 0 Å². The Balaban J connectivity index is 1.73. The van der Waals surface area contributed by atoms with Crippen LogP contribution in [0.4, 0.5) is 0 Å². The first-order valence-electron chi connectivity index (χ1n) is 8.23. The van der Waals surface area contributed by atoms with Gasteiger partial charge < -0.3 is 18.3 Å². The molecule has 4 aromatic rings. The second kappa shape index (κ2) is 6.22. The minimum Gasteiger partial charge on any atom is -0.450 e. The molecule has 0 spiro atoms. The average Bonchev–Trinajstić information content (AvgIpc) is 3.33. The van der Waals surface area contributed by atoms with Crippen molar-refractivity contribution in [3.63, 3.8) is 0 Å². The number of hydrogen-bond donors (Lipinski definition) is 0. The molecule has 0 saturated carbocycles. The highest BCUT2D eigenvalue weighted by molar-refractivity contribution is 5.79. The van der Waals surface area contributed by atoms with Crippen LogP contribution in [0.25, 0.3) is 34.2 Å². The summed E-state index contributed by atoms with van der Waals surface area (Å²) in [5.41, 5.74) is 2.03. The maximum atomic E-state index is 6.09. The molecule has 0 aliphatic carbocycles. The molecule has 0 aliphatic heterocycles. The van der Waals surface area contributed by atoms with E-state index in [9.17, 15) is 0 Å². The molecule has 128 valence electrons. The summed E-state index contributed by atoms with van der Waals surface area (Å²) in [6, 6.07) is 12.1. The fourth-order valence-corrected chi connectivity index (χ4v) is 3.13. The Morgan fingerprint density at radius 2 is 1.88 bits per heavy atom. The van der Waals surface area contributed by atoms with Gasteiger partial charge in [0.1, 0.15) is 0 Å². The number of rotatable bonds is 5. The third kappa shape index (κ3) is 2.64. The monoisotopic (exact) mass is 336 g/mol. The van der Waals surface area contributed by atoms with Crippen LogP contribution in [0.1, 0.15) is 13.0 Å².